The number of rotatable bonds is 6. The van der Waals surface area contributed by atoms with Crippen LogP contribution in [0.25, 0.3) is 0 Å². The van der Waals surface area contributed by atoms with E-state index >= 15 is 0 Å². The second kappa shape index (κ2) is 8.38. The molecule has 0 aromatic heterocycles. The number of hydrogen-bond donors (Lipinski definition) is 3. The van der Waals surface area contributed by atoms with E-state index in [1.807, 2.05) is 37.3 Å². The van der Waals surface area contributed by atoms with Crippen molar-refractivity contribution in [1.29, 1.82) is 0 Å². The van der Waals surface area contributed by atoms with Crippen LogP contribution in [0.3, 0.4) is 0 Å². The van der Waals surface area contributed by atoms with Gasteiger partial charge in [0.1, 0.15) is 12.1 Å². The van der Waals surface area contributed by atoms with E-state index in [2.05, 4.69) is 5.32 Å². The lowest BCUT2D eigenvalue weighted by Gasteiger charge is -2.36. The molecule has 0 spiro atoms. The van der Waals surface area contributed by atoms with Gasteiger partial charge in [-0.2, -0.15) is 0 Å². The Morgan fingerprint density at radius 2 is 2.04 bits per heavy atom. The van der Waals surface area contributed by atoms with E-state index in [1.54, 1.807) is 4.90 Å². The third kappa shape index (κ3) is 4.50. The van der Waals surface area contributed by atoms with Gasteiger partial charge in [-0.3, -0.25) is 4.79 Å². The van der Waals surface area contributed by atoms with Gasteiger partial charge in [0.15, 0.2) is 6.17 Å². The number of nitrogens with zero attached hydrogens (tertiary/aromatic N) is 1. The number of aryl methyl sites for hydroxylation is 1. The number of carbonyl (C=O) groups excluding carboxylic acids is 1. The molecule has 2 rings (SSSR count). The molecule has 1 aliphatic heterocycles. The zero-order valence-electron chi connectivity index (χ0n) is 13.4. The first-order valence-corrected chi connectivity index (χ1v) is 8.11. The van der Waals surface area contributed by atoms with Crippen molar-refractivity contribution in [2.24, 2.45) is 0 Å². The Labute approximate surface area is 136 Å². The highest BCUT2D eigenvalue weighted by Crippen LogP contribution is 2.16. The second-order valence-corrected chi connectivity index (χ2v) is 5.90. The Morgan fingerprint density at radius 1 is 1.35 bits per heavy atom. The molecule has 1 saturated heterocycles. The monoisotopic (exact) mass is 324 g/mol. The molecule has 128 valence electrons. The summed E-state index contributed by atoms with van der Waals surface area (Å²) in [5.41, 5.74) is 1.20. The number of amides is 1. The molecule has 3 N–H and O–H groups in total. The molecule has 0 bridgehead atoms. The van der Waals surface area contributed by atoms with E-state index in [1.165, 1.54) is 5.56 Å². The fourth-order valence-electron chi connectivity index (χ4n) is 2.85. The van der Waals surface area contributed by atoms with E-state index in [4.69, 9.17) is 0 Å². The minimum absolute atomic E-state index is 0.0135. The summed E-state index contributed by atoms with van der Waals surface area (Å²) in [6.45, 7) is 2.88. The summed E-state index contributed by atoms with van der Waals surface area (Å²) < 4.78 is 14.1. The van der Waals surface area contributed by atoms with Gasteiger partial charge in [-0.15, -0.1) is 0 Å². The van der Waals surface area contributed by atoms with Crippen LogP contribution in [0, 0.1) is 0 Å². The van der Waals surface area contributed by atoms with Crippen LogP contribution in [0.15, 0.2) is 30.3 Å². The number of hydrogen-bond acceptors (Lipinski definition) is 4. The largest absolute Gasteiger partial charge is 0.389 e. The van der Waals surface area contributed by atoms with Gasteiger partial charge in [0.05, 0.1) is 6.10 Å². The van der Waals surface area contributed by atoms with Gasteiger partial charge in [0, 0.05) is 19.6 Å². The number of aliphatic hydroxyl groups is 2. The predicted octanol–water partition coefficient (Wildman–Crippen LogP) is 0.499. The van der Waals surface area contributed by atoms with Crippen LogP contribution in [0.4, 0.5) is 4.39 Å². The zero-order chi connectivity index (χ0) is 16.8. The number of halogens is 1. The molecule has 1 amide bonds. The number of piperidine rings is 1. The maximum absolute atomic E-state index is 14.1. The van der Waals surface area contributed by atoms with Gasteiger partial charge in [-0.1, -0.05) is 30.3 Å². The van der Waals surface area contributed by atoms with Crippen molar-refractivity contribution in [2.45, 2.75) is 44.2 Å². The molecule has 23 heavy (non-hydrogen) atoms. The summed E-state index contributed by atoms with van der Waals surface area (Å²) in [6, 6.07) is 8.90. The fraction of sp³-hybridized carbons (Fsp3) is 0.588. The lowest BCUT2D eigenvalue weighted by atomic mass is 9.96. The summed E-state index contributed by atoms with van der Waals surface area (Å²) in [5, 5.41) is 21.7. The van der Waals surface area contributed by atoms with Crippen molar-refractivity contribution in [3.63, 3.8) is 0 Å². The smallest absolute Gasteiger partial charge is 0.242 e. The molecule has 1 aromatic rings. The average molecular weight is 324 g/mol. The van der Waals surface area contributed by atoms with Crippen LogP contribution < -0.4 is 5.32 Å². The Bertz CT molecular complexity index is 500. The third-order valence-corrected chi connectivity index (χ3v) is 4.28. The number of benzene rings is 1. The molecule has 1 heterocycles. The fourth-order valence-corrected chi connectivity index (χ4v) is 2.85. The molecule has 0 aliphatic carbocycles. The summed E-state index contributed by atoms with van der Waals surface area (Å²) >= 11 is 0. The molecule has 4 atom stereocenters. The normalized spacial score (nSPS) is 27.7. The molecule has 1 aliphatic rings. The van der Waals surface area contributed by atoms with Crippen molar-refractivity contribution in [1.82, 2.24) is 10.2 Å². The Morgan fingerprint density at radius 3 is 2.70 bits per heavy atom. The highest BCUT2D eigenvalue weighted by Gasteiger charge is 2.42. The van der Waals surface area contributed by atoms with Crippen LogP contribution >= 0.6 is 0 Å². The second-order valence-electron chi connectivity index (χ2n) is 5.90. The van der Waals surface area contributed by atoms with Crippen LogP contribution in [0.2, 0.25) is 0 Å². The minimum Gasteiger partial charge on any atom is -0.389 e. The number of likely N-dealkylation sites (N-methyl/N-ethyl adjacent to an activating group) is 1. The molecule has 6 heteroatoms. The van der Waals surface area contributed by atoms with E-state index in [-0.39, 0.29) is 12.5 Å². The topological polar surface area (TPSA) is 72.8 Å². The lowest BCUT2D eigenvalue weighted by Crippen LogP contribution is -2.63. The summed E-state index contributed by atoms with van der Waals surface area (Å²) in [7, 11) is 0. The summed E-state index contributed by atoms with van der Waals surface area (Å²) in [4.78, 5) is 14.1. The predicted molar refractivity (Wildman–Crippen MR) is 85.7 cm³/mol. The van der Waals surface area contributed by atoms with Gasteiger partial charge >= 0.3 is 0 Å². The zero-order valence-corrected chi connectivity index (χ0v) is 13.4. The van der Waals surface area contributed by atoms with Crippen molar-refractivity contribution in [3.05, 3.63) is 35.9 Å². The van der Waals surface area contributed by atoms with Crippen molar-refractivity contribution >= 4 is 5.91 Å². The van der Waals surface area contributed by atoms with E-state index < -0.39 is 24.4 Å². The molecule has 1 fully saturated rings. The van der Waals surface area contributed by atoms with E-state index in [0.717, 1.165) is 12.8 Å². The molecular formula is C17H25FN2O3. The minimum atomic E-state index is -1.80. The number of alkyl halides is 1. The van der Waals surface area contributed by atoms with Gasteiger partial charge in [-0.05, 0) is 25.3 Å². The number of aliphatic hydroxyl groups excluding tert-OH is 2. The third-order valence-electron chi connectivity index (χ3n) is 4.28. The first kappa shape index (κ1) is 17.8. The van der Waals surface area contributed by atoms with Gasteiger partial charge < -0.3 is 20.4 Å². The molecular weight excluding hydrogens is 299 g/mol. The SMILES string of the molecule is CCN(CCCc1ccccc1)C(=O)[C@H]1NC[C@@H](O)[C@H](O)[C@@H]1F. The Hall–Kier alpha value is -1.50. The summed E-state index contributed by atoms with van der Waals surface area (Å²) in [5.74, 6) is -0.362. The molecule has 0 unspecified atom stereocenters. The highest BCUT2D eigenvalue weighted by atomic mass is 19.1. The molecule has 5 nitrogen and oxygen atoms in total. The highest BCUT2D eigenvalue weighted by molar-refractivity contribution is 5.82. The van der Waals surface area contributed by atoms with Gasteiger partial charge in [0.2, 0.25) is 5.91 Å². The van der Waals surface area contributed by atoms with Crippen LogP contribution in [0.1, 0.15) is 18.9 Å². The van der Waals surface area contributed by atoms with E-state index in [0.29, 0.717) is 13.1 Å². The van der Waals surface area contributed by atoms with Crippen LogP contribution in [-0.2, 0) is 11.2 Å². The van der Waals surface area contributed by atoms with Crippen molar-refractivity contribution < 1.29 is 19.4 Å². The standard InChI is InChI=1S/C17H25FN2O3/c1-2-20(10-6-9-12-7-4-3-5-8-12)17(23)15-14(18)16(22)13(21)11-19-15/h3-5,7-8,13-16,19,21-22H,2,6,9-11H2,1H3/t13-,14-,15+,16+/m1/s1. The van der Waals surface area contributed by atoms with Crippen LogP contribution in [0.5, 0.6) is 0 Å². The lowest BCUT2D eigenvalue weighted by molar-refractivity contribution is -0.141. The quantitative estimate of drug-likeness (QED) is 0.712. The van der Waals surface area contributed by atoms with Gasteiger partial charge in [0.25, 0.3) is 0 Å². The molecule has 1 aromatic carbocycles. The number of carbonyl (C=O) groups is 1. The summed E-state index contributed by atoms with van der Waals surface area (Å²) in [6.07, 6.45) is -2.86. The maximum Gasteiger partial charge on any atom is 0.242 e. The average Bonchev–Trinajstić information content (AvgIpc) is 2.57. The van der Waals surface area contributed by atoms with Crippen molar-refractivity contribution in [3.8, 4) is 0 Å². The maximum atomic E-state index is 14.1. The van der Waals surface area contributed by atoms with E-state index in [9.17, 15) is 19.4 Å². The first-order chi connectivity index (χ1) is 11.0. The number of β-amino-alcohol motifs (C(OH)–C–C–N with tert-alkyl or cyclic N) is 1. The van der Waals surface area contributed by atoms with Crippen LogP contribution in [-0.4, -0.2) is 65.1 Å². The molecule has 0 radical (unpaired) electrons. The molecule has 0 saturated carbocycles. The van der Waals surface area contributed by atoms with Gasteiger partial charge in [-0.25, -0.2) is 4.39 Å². The van der Waals surface area contributed by atoms with Crippen molar-refractivity contribution in [2.75, 3.05) is 19.6 Å². The first-order valence-electron chi connectivity index (χ1n) is 8.11. The number of nitrogens with one attached hydrogen (secondary N) is 1. The Balaban J connectivity index is 1.88. The Kier molecular flexibility index (Phi) is 6.50.